The predicted molar refractivity (Wildman–Crippen MR) is 101 cm³/mol. The molecule has 2 N–H and O–H groups in total. The van der Waals surface area contributed by atoms with E-state index >= 15 is 0 Å². The first-order chi connectivity index (χ1) is 12.3. The fourth-order valence-corrected chi connectivity index (χ4v) is 3.00. The topological polar surface area (TPSA) is 54.1 Å². The minimum Gasteiger partial charge on any atom is -0.497 e. The van der Waals surface area contributed by atoms with E-state index in [1.165, 1.54) is 16.5 Å². The van der Waals surface area contributed by atoms with Crippen molar-refractivity contribution in [3.8, 4) is 5.75 Å². The minimum atomic E-state index is 0.119. The molecule has 0 aliphatic rings. The lowest BCUT2D eigenvalue weighted by Gasteiger charge is -2.06. The molecular weight excluding hydrogens is 312 g/mol. The molecule has 3 rings (SSSR count). The summed E-state index contributed by atoms with van der Waals surface area (Å²) >= 11 is 0. The predicted octanol–water partition coefficient (Wildman–Crippen LogP) is 3.86. The number of carbonyl (C=O) groups is 1. The number of amides is 1. The fourth-order valence-electron chi connectivity index (χ4n) is 3.00. The van der Waals surface area contributed by atoms with Crippen LogP contribution in [-0.4, -0.2) is 24.5 Å². The number of H-pyrrole nitrogens is 1. The van der Waals surface area contributed by atoms with Gasteiger partial charge in [0.05, 0.1) is 7.11 Å². The number of aryl methyl sites for hydroxylation is 1. The third kappa shape index (κ3) is 4.63. The maximum atomic E-state index is 12.0. The first-order valence-corrected chi connectivity index (χ1v) is 8.71. The van der Waals surface area contributed by atoms with Gasteiger partial charge in [0.25, 0.3) is 0 Å². The summed E-state index contributed by atoms with van der Waals surface area (Å²) in [5.41, 5.74) is 3.63. The second kappa shape index (κ2) is 8.38. The Labute approximate surface area is 148 Å². The molecule has 0 spiro atoms. The highest BCUT2D eigenvalue weighted by molar-refractivity contribution is 5.83. The van der Waals surface area contributed by atoms with E-state index in [4.69, 9.17) is 4.74 Å². The molecule has 0 aliphatic carbocycles. The summed E-state index contributed by atoms with van der Waals surface area (Å²) in [6.45, 7) is 0.665. The first-order valence-electron chi connectivity index (χ1n) is 8.71. The summed E-state index contributed by atoms with van der Waals surface area (Å²) in [5.74, 6) is 0.971. The summed E-state index contributed by atoms with van der Waals surface area (Å²) in [5, 5.41) is 4.25. The van der Waals surface area contributed by atoms with Crippen molar-refractivity contribution in [3.05, 3.63) is 65.9 Å². The molecule has 0 aliphatic heterocycles. The van der Waals surface area contributed by atoms with E-state index in [-0.39, 0.29) is 5.91 Å². The lowest BCUT2D eigenvalue weighted by Crippen LogP contribution is -2.25. The highest BCUT2D eigenvalue weighted by Gasteiger charge is 2.05. The Kier molecular flexibility index (Phi) is 5.73. The number of nitrogens with one attached hydrogen (secondary N) is 2. The molecule has 4 nitrogen and oxygen atoms in total. The molecule has 130 valence electrons. The van der Waals surface area contributed by atoms with Gasteiger partial charge in [-0.25, -0.2) is 0 Å². The number of aromatic amines is 1. The molecule has 0 saturated carbocycles. The molecule has 1 heterocycles. The number of hydrogen-bond donors (Lipinski definition) is 2. The number of fused-ring (bicyclic) bond motifs is 1. The lowest BCUT2D eigenvalue weighted by atomic mass is 10.1. The van der Waals surface area contributed by atoms with Crippen LogP contribution in [0.5, 0.6) is 5.75 Å². The third-order valence-electron chi connectivity index (χ3n) is 4.42. The van der Waals surface area contributed by atoms with Crippen molar-refractivity contribution in [2.75, 3.05) is 13.7 Å². The number of hydrogen-bond acceptors (Lipinski definition) is 2. The van der Waals surface area contributed by atoms with Gasteiger partial charge in [0.15, 0.2) is 0 Å². The largest absolute Gasteiger partial charge is 0.497 e. The molecule has 3 aromatic rings. The van der Waals surface area contributed by atoms with E-state index in [9.17, 15) is 4.79 Å². The third-order valence-corrected chi connectivity index (χ3v) is 4.42. The van der Waals surface area contributed by atoms with E-state index in [0.29, 0.717) is 13.0 Å². The Morgan fingerprint density at radius 2 is 1.88 bits per heavy atom. The van der Waals surface area contributed by atoms with Gasteiger partial charge in [0.2, 0.25) is 5.91 Å². The van der Waals surface area contributed by atoms with Crippen LogP contribution >= 0.6 is 0 Å². The van der Waals surface area contributed by atoms with Gasteiger partial charge in [-0.15, -0.1) is 0 Å². The normalized spacial score (nSPS) is 10.8. The van der Waals surface area contributed by atoms with Crippen LogP contribution in [0.2, 0.25) is 0 Å². The second-order valence-electron chi connectivity index (χ2n) is 6.16. The van der Waals surface area contributed by atoms with E-state index in [1.807, 2.05) is 42.6 Å². The molecule has 0 radical (unpaired) electrons. The zero-order valence-electron chi connectivity index (χ0n) is 14.5. The highest BCUT2D eigenvalue weighted by Crippen LogP contribution is 2.19. The first kappa shape index (κ1) is 17.1. The maximum Gasteiger partial charge on any atom is 0.220 e. The smallest absolute Gasteiger partial charge is 0.220 e. The van der Waals surface area contributed by atoms with Crippen LogP contribution in [0, 0.1) is 0 Å². The summed E-state index contributed by atoms with van der Waals surface area (Å²) in [4.78, 5) is 15.3. The number of rotatable bonds is 8. The van der Waals surface area contributed by atoms with E-state index in [1.54, 1.807) is 7.11 Å². The van der Waals surface area contributed by atoms with E-state index < -0.39 is 0 Å². The zero-order valence-corrected chi connectivity index (χ0v) is 14.5. The van der Waals surface area contributed by atoms with Gasteiger partial charge in [-0.2, -0.15) is 0 Å². The molecule has 2 aromatic carbocycles. The molecule has 4 heteroatoms. The standard InChI is InChI=1S/C21H24N2O2/c1-25-18-11-9-16(10-12-18)13-14-22-21(24)8-4-5-17-15-23-20-7-3-2-6-19(17)20/h2-3,6-7,9-12,15,23H,4-5,8,13-14H2,1H3,(H,22,24). The van der Waals surface area contributed by atoms with Crippen LogP contribution < -0.4 is 10.1 Å². The number of para-hydroxylation sites is 1. The SMILES string of the molecule is COc1ccc(CCNC(=O)CCCc2c[nH]c3ccccc23)cc1. The van der Waals surface area contributed by atoms with E-state index in [0.717, 1.165) is 30.5 Å². The summed E-state index contributed by atoms with van der Waals surface area (Å²) in [7, 11) is 1.66. The van der Waals surface area contributed by atoms with Crippen LogP contribution in [0.15, 0.2) is 54.7 Å². The molecule has 0 atom stereocenters. The number of carbonyl (C=O) groups excluding carboxylic acids is 1. The van der Waals surface area contributed by atoms with Gasteiger partial charge in [-0.05, 0) is 48.6 Å². The van der Waals surface area contributed by atoms with Crippen LogP contribution in [0.3, 0.4) is 0 Å². The fraction of sp³-hybridized carbons (Fsp3) is 0.286. The van der Waals surface area contributed by atoms with Crippen LogP contribution in [0.1, 0.15) is 24.0 Å². The summed E-state index contributed by atoms with van der Waals surface area (Å²) < 4.78 is 5.14. The van der Waals surface area contributed by atoms with Crippen LogP contribution in [0.25, 0.3) is 10.9 Å². The summed E-state index contributed by atoms with van der Waals surface area (Å²) in [6, 6.07) is 16.2. The van der Waals surface area contributed by atoms with Crippen LogP contribution in [-0.2, 0) is 17.6 Å². The summed E-state index contributed by atoms with van der Waals surface area (Å²) in [6.07, 6.45) is 5.21. The number of ether oxygens (including phenoxy) is 1. The number of benzene rings is 2. The molecule has 1 amide bonds. The Balaban J connectivity index is 1.38. The molecule has 1 aromatic heterocycles. The van der Waals surface area contributed by atoms with Crippen molar-refractivity contribution in [3.63, 3.8) is 0 Å². The Hall–Kier alpha value is -2.75. The molecule has 0 bridgehead atoms. The number of methoxy groups -OCH3 is 1. The van der Waals surface area contributed by atoms with Gasteiger partial charge < -0.3 is 15.0 Å². The van der Waals surface area contributed by atoms with Crippen molar-refractivity contribution in [1.29, 1.82) is 0 Å². The van der Waals surface area contributed by atoms with Crippen molar-refractivity contribution in [2.24, 2.45) is 0 Å². The average molecular weight is 336 g/mol. The zero-order chi connectivity index (χ0) is 17.5. The molecule has 25 heavy (non-hydrogen) atoms. The monoisotopic (exact) mass is 336 g/mol. The molecule has 0 saturated heterocycles. The Morgan fingerprint density at radius 1 is 1.08 bits per heavy atom. The molecule has 0 fully saturated rings. The van der Waals surface area contributed by atoms with Gasteiger partial charge in [-0.3, -0.25) is 4.79 Å². The maximum absolute atomic E-state index is 12.0. The Morgan fingerprint density at radius 3 is 2.68 bits per heavy atom. The van der Waals surface area contributed by atoms with Gasteiger partial charge in [0.1, 0.15) is 5.75 Å². The van der Waals surface area contributed by atoms with Gasteiger partial charge in [0, 0.05) is 30.1 Å². The van der Waals surface area contributed by atoms with Crippen molar-refractivity contribution >= 4 is 16.8 Å². The van der Waals surface area contributed by atoms with Crippen molar-refractivity contribution in [2.45, 2.75) is 25.7 Å². The van der Waals surface area contributed by atoms with Crippen molar-refractivity contribution in [1.82, 2.24) is 10.3 Å². The quantitative estimate of drug-likeness (QED) is 0.656. The Bertz CT molecular complexity index is 821. The lowest BCUT2D eigenvalue weighted by molar-refractivity contribution is -0.121. The average Bonchev–Trinajstić information content (AvgIpc) is 3.06. The minimum absolute atomic E-state index is 0.119. The van der Waals surface area contributed by atoms with Crippen LogP contribution in [0.4, 0.5) is 0 Å². The van der Waals surface area contributed by atoms with Gasteiger partial charge in [-0.1, -0.05) is 30.3 Å². The number of aromatic nitrogens is 1. The van der Waals surface area contributed by atoms with E-state index in [2.05, 4.69) is 22.4 Å². The van der Waals surface area contributed by atoms with Gasteiger partial charge >= 0.3 is 0 Å². The second-order valence-corrected chi connectivity index (χ2v) is 6.16. The highest BCUT2D eigenvalue weighted by atomic mass is 16.5. The molecule has 0 unspecified atom stereocenters. The van der Waals surface area contributed by atoms with Crippen molar-refractivity contribution < 1.29 is 9.53 Å². The molecular formula is C21H24N2O2.